The first kappa shape index (κ1) is 17.5. The van der Waals surface area contributed by atoms with Crippen molar-refractivity contribution < 1.29 is 14.7 Å². The SMILES string of the molecule is CC(CC(=O)O)CC(=O)N1CCCC1c1ccc(C(C)C)cc1. The largest absolute Gasteiger partial charge is 0.481 e. The lowest BCUT2D eigenvalue weighted by Crippen LogP contribution is -2.31. The summed E-state index contributed by atoms with van der Waals surface area (Å²) in [6, 6.07) is 8.70. The molecule has 1 aliphatic heterocycles. The molecule has 1 aliphatic rings. The average Bonchev–Trinajstić information content (AvgIpc) is 2.95. The van der Waals surface area contributed by atoms with Gasteiger partial charge in [-0.1, -0.05) is 45.0 Å². The number of carboxylic acid groups (broad SMARTS) is 1. The van der Waals surface area contributed by atoms with E-state index in [4.69, 9.17) is 5.11 Å². The number of hydrogen-bond donors (Lipinski definition) is 1. The van der Waals surface area contributed by atoms with Crippen LogP contribution >= 0.6 is 0 Å². The molecule has 126 valence electrons. The fourth-order valence-corrected chi connectivity index (χ4v) is 3.30. The van der Waals surface area contributed by atoms with Crippen LogP contribution in [0.5, 0.6) is 0 Å². The van der Waals surface area contributed by atoms with Crippen molar-refractivity contribution in [2.45, 2.75) is 58.4 Å². The number of carbonyl (C=O) groups excluding carboxylic acids is 1. The Morgan fingerprint density at radius 3 is 2.39 bits per heavy atom. The molecule has 2 atom stereocenters. The van der Waals surface area contributed by atoms with E-state index in [2.05, 4.69) is 38.1 Å². The topological polar surface area (TPSA) is 57.6 Å². The van der Waals surface area contributed by atoms with Gasteiger partial charge in [0, 0.05) is 19.4 Å². The van der Waals surface area contributed by atoms with Gasteiger partial charge in [0.1, 0.15) is 0 Å². The Kier molecular flexibility index (Phi) is 5.80. The fourth-order valence-electron chi connectivity index (χ4n) is 3.30. The van der Waals surface area contributed by atoms with E-state index in [1.807, 2.05) is 11.8 Å². The van der Waals surface area contributed by atoms with Gasteiger partial charge in [-0.2, -0.15) is 0 Å². The van der Waals surface area contributed by atoms with Crippen molar-refractivity contribution in [3.63, 3.8) is 0 Å². The molecule has 0 spiro atoms. The second kappa shape index (κ2) is 7.62. The van der Waals surface area contributed by atoms with Crippen molar-refractivity contribution >= 4 is 11.9 Å². The maximum absolute atomic E-state index is 12.5. The van der Waals surface area contributed by atoms with Crippen LogP contribution < -0.4 is 0 Å². The maximum atomic E-state index is 12.5. The summed E-state index contributed by atoms with van der Waals surface area (Å²) in [6.45, 7) is 6.94. The van der Waals surface area contributed by atoms with Crippen LogP contribution in [0.2, 0.25) is 0 Å². The minimum Gasteiger partial charge on any atom is -0.481 e. The molecule has 1 N–H and O–H groups in total. The Morgan fingerprint density at radius 2 is 1.83 bits per heavy atom. The van der Waals surface area contributed by atoms with Crippen molar-refractivity contribution in [1.29, 1.82) is 0 Å². The smallest absolute Gasteiger partial charge is 0.303 e. The average molecular weight is 317 g/mol. The molecule has 0 bridgehead atoms. The molecule has 1 heterocycles. The van der Waals surface area contributed by atoms with Crippen LogP contribution in [-0.4, -0.2) is 28.4 Å². The molecular formula is C19H27NO3. The minimum absolute atomic E-state index is 0.0489. The van der Waals surface area contributed by atoms with Crippen molar-refractivity contribution in [2.24, 2.45) is 5.92 Å². The van der Waals surface area contributed by atoms with Crippen LogP contribution in [0.3, 0.4) is 0 Å². The number of carbonyl (C=O) groups is 2. The van der Waals surface area contributed by atoms with E-state index in [0.717, 1.165) is 19.4 Å². The summed E-state index contributed by atoms with van der Waals surface area (Å²) in [5.41, 5.74) is 2.49. The molecule has 4 nitrogen and oxygen atoms in total. The predicted octanol–water partition coefficient (Wildman–Crippen LogP) is 3.97. The van der Waals surface area contributed by atoms with Crippen LogP contribution in [0.1, 0.15) is 69.5 Å². The molecule has 0 radical (unpaired) electrons. The third-order valence-corrected chi connectivity index (χ3v) is 4.61. The number of carboxylic acids is 1. The number of amides is 1. The summed E-state index contributed by atoms with van der Waals surface area (Å²) in [4.78, 5) is 25.2. The number of benzene rings is 1. The highest BCUT2D eigenvalue weighted by molar-refractivity contribution is 5.78. The van der Waals surface area contributed by atoms with Gasteiger partial charge >= 0.3 is 5.97 Å². The molecule has 0 saturated carbocycles. The first-order valence-electron chi connectivity index (χ1n) is 8.49. The zero-order chi connectivity index (χ0) is 17.0. The maximum Gasteiger partial charge on any atom is 0.303 e. The van der Waals surface area contributed by atoms with Crippen molar-refractivity contribution in [1.82, 2.24) is 4.90 Å². The number of aliphatic carboxylic acids is 1. The molecule has 1 amide bonds. The summed E-state index contributed by atoms with van der Waals surface area (Å²) in [6.07, 6.45) is 2.36. The van der Waals surface area contributed by atoms with Gasteiger partial charge in [0.05, 0.1) is 6.04 Å². The molecule has 4 heteroatoms. The van der Waals surface area contributed by atoms with Crippen LogP contribution in [0, 0.1) is 5.92 Å². The number of nitrogens with zero attached hydrogens (tertiary/aromatic N) is 1. The second-order valence-electron chi connectivity index (χ2n) is 6.97. The molecule has 1 fully saturated rings. The van der Waals surface area contributed by atoms with Gasteiger partial charge < -0.3 is 10.0 Å². The van der Waals surface area contributed by atoms with Gasteiger partial charge in [0.2, 0.25) is 5.91 Å². The van der Waals surface area contributed by atoms with Crippen LogP contribution in [0.25, 0.3) is 0 Å². The highest BCUT2D eigenvalue weighted by atomic mass is 16.4. The Bertz CT molecular complexity index is 550. The third kappa shape index (κ3) is 4.57. The Labute approximate surface area is 138 Å². The van der Waals surface area contributed by atoms with Crippen LogP contribution in [0.15, 0.2) is 24.3 Å². The number of hydrogen-bond acceptors (Lipinski definition) is 2. The number of rotatable bonds is 6. The summed E-state index contributed by atoms with van der Waals surface area (Å²) < 4.78 is 0. The lowest BCUT2D eigenvalue weighted by molar-refractivity contribution is -0.138. The fraction of sp³-hybridized carbons (Fsp3) is 0.579. The lowest BCUT2D eigenvalue weighted by Gasteiger charge is -2.26. The van der Waals surface area contributed by atoms with E-state index in [0.29, 0.717) is 12.3 Å². The van der Waals surface area contributed by atoms with Gasteiger partial charge in [0.25, 0.3) is 0 Å². The van der Waals surface area contributed by atoms with E-state index in [9.17, 15) is 9.59 Å². The molecule has 2 unspecified atom stereocenters. The van der Waals surface area contributed by atoms with Gasteiger partial charge in [-0.25, -0.2) is 0 Å². The third-order valence-electron chi connectivity index (χ3n) is 4.61. The molecule has 1 aromatic rings. The molecule has 2 rings (SSSR count). The number of likely N-dealkylation sites (tertiary alicyclic amines) is 1. The highest BCUT2D eigenvalue weighted by Crippen LogP contribution is 2.33. The van der Waals surface area contributed by atoms with Crippen molar-refractivity contribution in [2.75, 3.05) is 6.54 Å². The normalized spacial score (nSPS) is 19.1. The van der Waals surface area contributed by atoms with E-state index in [-0.39, 0.29) is 24.3 Å². The molecule has 0 aliphatic carbocycles. The quantitative estimate of drug-likeness (QED) is 0.863. The summed E-state index contributed by atoms with van der Waals surface area (Å²) in [5.74, 6) is -0.381. The van der Waals surface area contributed by atoms with E-state index >= 15 is 0 Å². The van der Waals surface area contributed by atoms with E-state index < -0.39 is 5.97 Å². The Balaban J connectivity index is 2.04. The minimum atomic E-state index is -0.840. The van der Waals surface area contributed by atoms with E-state index in [1.165, 1.54) is 11.1 Å². The van der Waals surface area contributed by atoms with Crippen LogP contribution in [0.4, 0.5) is 0 Å². The summed E-state index contributed by atoms with van der Waals surface area (Å²) >= 11 is 0. The first-order valence-corrected chi connectivity index (χ1v) is 8.49. The lowest BCUT2D eigenvalue weighted by atomic mass is 9.97. The van der Waals surface area contributed by atoms with Crippen molar-refractivity contribution in [3.05, 3.63) is 35.4 Å². The van der Waals surface area contributed by atoms with Gasteiger partial charge in [-0.15, -0.1) is 0 Å². The Hall–Kier alpha value is -1.84. The Morgan fingerprint density at radius 1 is 1.17 bits per heavy atom. The van der Waals surface area contributed by atoms with E-state index in [1.54, 1.807) is 0 Å². The summed E-state index contributed by atoms with van der Waals surface area (Å²) in [5, 5.41) is 8.84. The highest BCUT2D eigenvalue weighted by Gasteiger charge is 2.30. The molecule has 1 aromatic carbocycles. The zero-order valence-electron chi connectivity index (χ0n) is 14.3. The second-order valence-corrected chi connectivity index (χ2v) is 6.97. The van der Waals surface area contributed by atoms with Gasteiger partial charge in [-0.05, 0) is 35.8 Å². The molecule has 23 heavy (non-hydrogen) atoms. The molecule has 1 saturated heterocycles. The standard InChI is InChI=1S/C19H27NO3/c1-13(2)15-6-8-16(9-7-15)17-5-4-10-20(17)18(21)11-14(3)12-19(22)23/h6-9,13-14,17H,4-5,10-12H2,1-3H3,(H,22,23). The van der Waals surface area contributed by atoms with Crippen molar-refractivity contribution in [3.8, 4) is 0 Å². The molecule has 0 aromatic heterocycles. The monoisotopic (exact) mass is 317 g/mol. The first-order chi connectivity index (χ1) is 10.9. The van der Waals surface area contributed by atoms with Gasteiger partial charge in [-0.3, -0.25) is 9.59 Å². The van der Waals surface area contributed by atoms with Crippen LogP contribution in [-0.2, 0) is 9.59 Å². The predicted molar refractivity (Wildman–Crippen MR) is 90.3 cm³/mol. The molecular weight excluding hydrogens is 290 g/mol. The summed E-state index contributed by atoms with van der Waals surface area (Å²) in [7, 11) is 0. The van der Waals surface area contributed by atoms with Gasteiger partial charge in [0.15, 0.2) is 0 Å². The zero-order valence-corrected chi connectivity index (χ0v) is 14.3.